The minimum atomic E-state index is -0.272. The Morgan fingerprint density at radius 1 is 1.44 bits per heavy atom. The summed E-state index contributed by atoms with van der Waals surface area (Å²) in [7, 11) is 0. The molecule has 25 heavy (non-hydrogen) atoms. The van der Waals surface area contributed by atoms with Crippen LogP contribution in [0.5, 0.6) is 0 Å². The summed E-state index contributed by atoms with van der Waals surface area (Å²) in [5.74, 6) is 1.77. The van der Waals surface area contributed by atoms with Crippen molar-refractivity contribution < 1.29 is 4.39 Å². The number of thioether (sulfide) groups is 1. The van der Waals surface area contributed by atoms with Crippen molar-refractivity contribution >= 4 is 17.7 Å². The second-order valence-electron chi connectivity index (χ2n) is 5.97. The normalized spacial score (nSPS) is 17.7. The van der Waals surface area contributed by atoms with Gasteiger partial charge in [0.05, 0.1) is 18.6 Å². The Kier molecular flexibility index (Phi) is 6.33. The van der Waals surface area contributed by atoms with Crippen LogP contribution in [0, 0.1) is 5.82 Å². The van der Waals surface area contributed by atoms with Gasteiger partial charge in [-0.05, 0) is 43.2 Å². The first-order valence-electron chi connectivity index (χ1n) is 8.67. The van der Waals surface area contributed by atoms with Gasteiger partial charge in [0.25, 0.3) is 0 Å². The Morgan fingerprint density at radius 3 is 3.04 bits per heavy atom. The van der Waals surface area contributed by atoms with Gasteiger partial charge in [-0.15, -0.1) is 0 Å². The number of benzene rings is 1. The van der Waals surface area contributed by atoms with Crippen molar-refractivity contribution in [1.82, 2.24) is 20.2 Å². The minimum Gasteiger partial charge on any atom is -0.357 e. The molecule has 1 unspecified atom stereocenters. The lowest BCUT2D eigenvalue weighted by molar-refractivity contribution is 0.615. The summed E-state index contributed by atoms with van der Waals surface area (Å²) < 4.78 is 16.0. The second-order valence-corrected chi connectivity index (χ2v) is 7.38. The summed E-state index contributed by atoms with van der Waals surface area (Å²) in [6.07, 6.45) is 7.51. The maximum absolute atomic E-state index is 14.3. The summed E-state index contributed by atoms with van der Waals surface area (Å²) in [5.41, 5.74) is 1.34. The van der Waals surface area contributed by atoms with E-state index in [2.05, 4.69) is 20.6 Å². The van der Waals surface area contributed by atoms with Crippen molar-refractivity contribution in [3.05, 3.63) is 48.3 Å². The van der Waals surface area contributed by atoms with E-state index in [1.54, 1.807) is 29.4 Å². The predicted octanol–water partition coefficient (Wildman–Crippen LogP) is 2.96. The lowest BCUT2D eigenvalue weighted by atomic mass is 10.2. The fraction of sp³-hybridized carbons (Fsp3) is 0.444. The standard InChI is InChI=1S/C18H24FN5S/c1-2-21-18(23-12-15-4-3-9-25-15)22-11-14-5-6-17(16(19)10-14)24-8-7-20-13-24/h5-8,10,13,15H,2-4,9,11-12H2,1H3,(H2,21,22,23). The van der Waals surface area contributed by atoms with Crippen LogP contribution < -0.4 is 10.6 Å². The fourth-order valence-corrected chi connectivity index (χ4v) is 3.99. The van der Waals surface area contributed by atoms with Gasteiger partial charge in [-0.2, -0.15) is 11.8 Å². The fourth-order valence-electron chi connectivity index (χ4n) is 2.79. The lowest BCUT2D eigenvalue weighted by Crippen LogP contribution is -2.40. The maximum atomic E-state index is 14.3. The molecule has 0 aliphatic carbocycles. The third-order valence-electron chi connectivity index (χ3n) is 4.08. The number of hydrogen-bond donors (Lipinski definition) is 2. The van der Waals surface area contributed by atoms with E-state index < -0.39 is 0 Å². The van der Waals surface area contributed by atoms with Crippen molar-refractivity contribution in [3.8, 4) is 5.69 Å². The molecule has 1 aromatic carbocycles. The number of imidazole rings is 1. The highest BCUT2D eigenvalue weighted by atomic mass is 32.2. The smallest absolute Gasteiger partial charge is 0.191 e. The van der Waals surface area contributed by atoms with Gasteiger partial charge in [0, 0.05) is 30.7 Å². The molecule has 0 amide bonds. The lowest BCUT2D eigenvalue weighted by Gasteiger charge is -2.14. The molecule has 2 aromatic rings. The molecule has 2 N–H and O–H groups in total. The van der Waals surface area contributed by atoms with E-state index in [0.29, 0.717) is 17.5 Å². The average Bonchev–Trinajstić information content (AvgIpc) is 3.31. The quantitative estimate of drug-likeness (QED) is 0.614. The summed E-state index contributed by atoms with van der Waals surface area (Å²) >= 11 is 2.02. The molecule has 7 heteroatoms. The van der Waals surface area contributed by atoms with Crippen molar-refractivity contribution in [2.24, 2.45) is 4.99 Å². The highest BCUT2D eigenvalue weighted by Crippen LogP contribution is 2.25. The van der Waals surface area contributed by atoms with E-state index in [1.807, 2.05) is 24.8 Å². The van der Waals surface area contributed by atoms with Crippen molar-refractivity contribution in [2.75, 3.05) is 18.8 Å². The number of aliphatic imine (C=N–C) groups is 1. The molecule has 1 aromatic heterocycles. The van der Waals surface area contributed by atoms with Crippen LogP contribution in [0.3, 0.4) is 0 Å². The van der Waals surface area contributed by atoms with Crippen LogP contribution in [0.1, 0.15) is 25.3 Å². The van der Waals surface area contributed by atoms with E-state index in [0.717, 1.165) is 24.6 Å². The van der Waals surface area contributed by atoms with Gasteiger partial charge in [-0.1, -0.05) is 6.07 Å². The Bertz CT molecular complexity index is 695. The summed E-state index contributed by atoms with van der Waals surface area (Å²) in [5, 5.41) is 7.30. The van der Waals surface area contributed by atoms with Gasteiger partial charge in [-0.25, -0.2) is 14.4 Å². The van der Waals surface area contributed by atoms with Crippen LogP contribution in [0.2, 0.25) is 0 Å². The molecule has 1 saturated heterocycles. The van der Waals surface area contributed by atoms with Crippen LogP contribution in [0.25, 0.3) is 5.69 Å². The van der Waals surface area contributed by atoms with E-state index >= 15 is 0 Å². The van der Waals surface area contributed by atoms with Crippen LogP contribution in [0.4, 0.5) is 4.39 Å². The van der Waals surface area contributed by atoms with Gasteiger partial charge in [-0.3, -0.25) is 0 Å². The number of hydrogen-bond acceptors (Lipinski definition) is 3. The van der Waals surface area contributed by atoms with E-state index in [-0.39, 0.29) is 5.82 Å². The van der Waals surface area contributed by atoms with Crippen LogP contribution in [-0.2, 0) is 6.54 Å². The maximum Gasteiger partial charge on any atom is 0.191 e. The van der Waals surface area contributed by atoms with Crippen molar-refractivity contribution in [3.63, 3.8) is 0 Å². The third-order valence-corrected chi connectivity index (χ3v) is 5.48. The molecule has 1 aliphatic heterocycles. The van der Waals surface area contributed by atoms with E-state index in [4.69, 9.17) is 0 Å². The van der Waals surface area contributed by atoms with Crippen LogP contribution in [-0.4, -0.2) is 39.6 Å². The first kappa shape index (κ1) is 17.8. The molecule has 0 spiro atoms. The Morgan fingerprint density at radius 2 is 2.36 bits per heavy atom. The molecule has 5 nitrogen and oxygen atoms in total. The zero-order valence-electron chi connectivity index (χ0n) is 14.4. The molecule has 3 rings (SSSR count). The monoisotopic (exact) mass is 361 g/mol. The molecule has 1 atom stereocenters. The summed E-state index contributed by atoms with van der Waals surface area (Å²) in [6, 6.07) is 5.20. The predicted molar refractivity (Wildman–Crippen MR) is 102 cm³/mol. The number of rotatable bonds is 6. The van der Waals surface area contributed by atoms with Crippen molar-refractivity contribution in [1.29, 1.82) is 0 Å². The van der Waals surface area contributed by atoms with Gasteiger partial charge in [0.1, 0.15) is 5.82 Å². The minimum absolute atomic E-state index is 0.272. The van der Waals surface area contributed by atoms with Gasteiger partial charge in [0.2, 0.25) is 0 Å². The number of nitrogens with zero attached hydrogens (tertiary/aromatic N) is 3. The Hall–Kier alpha value is -2.02. The van der Waals surface area contributed by atoms with Gasteiger partial charge in [0.15, 0.2) is 5.96 Å². The zero-order chi connectivity index (χ0) is 17.5. The Labute approximate surface area is 152 Å². The summed E-state index contributed by atoms with van der Waals surface area (Å²) in [4.78, 5) is 8.53. The number of nitrogens with one attached hydrogen (secondary N) is 2. The zero-order valence-corrected chi connectivity index (χ0v) is 15.2. The van der Waals surface area contributed by atoms with Crippen LogP contribution in [0.15, 0.2) is 41.9 Å². The Balaban J connectivity index is 1.62. The highest BCUT2D eigenvalue weighted by molar-refractivity contribution is 8.00. The second kappa shape index (κ2) is 8.89. The first-order valence-corrected chi connectivity index (χ1v) is 9.71. The molecule has 1 fully saturated rings. The molecular formula is C18H24FN5S. The largest absolute Gasteiger partial charge is 0.357 e. The average molecular weight is 361 g/mol. The molecule has 0 radical (unpaired) electrons. The molecule has 0 saturated carbocycles. The third kappa shape index (κ3) is 4.98. The highest BCUT2D eigenvalue weighted by Gasteiger charge is 2.15. The molecule has 0 bridgehead atoms. The number of halogens is 1. The number of aromatic nitrogens is 2. The molecule has 2 heterocycles. The SMILES string of the molecule is CCNC(=NCc1ccc(-n2ccnc2)c(F)c1)NCC1CCCS1. The number of guanidine groups is 1. The van der Waals surface area contributed by atoms with Gasteiger partial charge < -0.3 is 15.2 Å². The van der Waals surface area contributed by atoms with Crippen LogP contribution >= 0.6 is 11.8 Å². The van der Waals surface area contributed by atoms with Gasteiger partial charge >= 0.3 is 0 Å². The van der Waals surface area contributed by atoms with E-state index in [9.17, 15) is 4.39 Å². The van der Waals surface area contributed by atoms with Crippen molar-refractivity contribution in [2.45, 2.75) is 31.6 Å². The molecule has 1 aliphatic rings. The molecule has 134 valence electrons. The van der Waals surface area contributed by atoms with E-state index in [1.165, 1.54) is 24.7 Å². The first-order chi connectivity index (χ1) is 12.3. The summed E-state index contributed by atoms with van der Waals surface area (Å²) in [6.45, 7) is 4.21. The topological polar surface area (TPSA) is 54.2 Å². The molecular weight excluding hydrogens is 337 g/mol.